The number of piperidine rings is 2. The molecule has 11 rings (SSSR count). The van der Waals surface area contributed by atoms with Gasteiger partial charge in [0.25, 0.3) is 11.8 Å². The van der Waals surface area contributed by atoms with Gasteiger partial charge in [-0.15, -0.1) is 0 Å². The van der Waals surface area contributed by atoms with Crippen molar-refractivity contribution in [1.82, 2.24) is 24.8 Å². The molecule has 4 aliphatic rings. The molecule has 2 saturated heterocycles. The van der Waals surface area contributed by atoms with E-state index in [9.17, 15) is 19.2 Å². The Kier molecular flexibility index (Phi) is 8.90. The molecular formula is C47H35Cl2N7O5. The molecular weight excluding hydrogens is 813 g/mol. The number of oxazole rings is 1. The van der Waals surface area contributed by atoms with Gasteiger partial charge in [0.2, 0.25) is 17.7 Å². The predicted molar refractivity (Wildman–Crippen MR) is 231 cm³/mol. The number of rotatable bonds is 8. The molecule has 7 aromatic rings. The van der Waals surface area contributed by atoms with Crippen LogP contribution in [0, 0.1) is 11.8 Å². The number of nitrogens with zero attached hydrogens (tertiary/aromatic N) is 5. The number of carbonyl (C=O) groups is 4. The molecule has 61 heavy (non-hydrogen) atoms. The maximum absolute atomic E-state index is 13.9. The van der Waals surface area contributed by atoms with Gasteiger partial charge in [0.1, 0.15) is 33.8 Å². The van der Waals surface area contributed by atoms with E-state index in [1.807, 2.05) is 72.8 Å². The van der Waals surface area contributed by atoms with Crippen molar-refractivity contribution in [3.8, 4) is 22.8 Å². The van der Waals surface area contributed by atoms with Crippen LogP contribution in [0.15, 0.2) is 120 Å². The SMILES string of the molecule is O=C(Nc1ccc(-c2cnc(-c3ccc(NC(=O)[C@@H]4C[C@@H]5C[C@@H]5N4C(=O)c4nc(Cl)cc5ccccc45)cc3)o2)cc1)[C@@H]1C[C@@H]2C[C@@H]2N1C(=O)c1nc(Cl)cc2ccccc12. The molecule has 4 amide bonds. The van der Waals surface area contributed by atoms with Crippen LogP contribution in [0.25, 0.3) is 44.3 Å². The molecule has 2 saturated carbocycles. The summed E-state index contributed by atoms with van der Waals surface area (Å²) in [4.78, 5) is 71.8. The van der Waals surface area contributed by atoms with E-state index in [1.165, 1.54) is 0 Å². The van der Waals surface area contributed by atoms with Gasteiger partial charge in [-0.1, -0.05) is 71.7 Å². The summed E-state index contributed by atoms with van der Waals surface area (Å²) >= 11 is 12.6. The van der Waals surface area contributed by atoms with E-state index in [2.05, 4.69) is 25.6 Å². The number of nitrogens with one attached hydrogen (secondary N) is 2. The van der Waals surface area contributed by atoms with E-state index in [-0.39, 0.29) is 69.2 Å². The molecule has 0 bridgehead atoms. The molecule has 12 nitrogen and oxygen atoms in total. The molecule has 4 fully saturated rings. The van der Waals surface area contributed by atoms with Crippen LogP contribution in [-0.4, -0.2) is 72.5 Å². The average Bonchev–Trinajstić information content (AvgIpc) is 4.04. The summed E-state index contributed by atoms with van der Waals surface area (Å²) in [6.45, 7) is 0. The van der Waals surface area contributed by atoms with Crippen molar-refractivity contribution in [3.63, 3.8) is 0 Å². The Morgan fingerprint density at radius 3 is 1.54 bits per heavy atom. The minimum Gasteiger partial charge on any atom is -0.436 e. The van der Waals surface area contributed by atoms with Gasteiger partial charge in [-0.25, -0.2) is 15.0 Å². The van der Waals surface area contributed by atoms with Crippen molar-refractivity contribution in [1.29, 1.82) is 0 Å². The number of pyridine rings is 2. The fourth-order valence-electron chi connectivity index (χ4n) is 9.27. The molecule has 6 atom stereocenters. The van der Waals surface area contributed by atoms with Crippen molar-refractivity contribution >= 4 is 79.8 Å². The maximum Gasteiger partial charge on any atom is 0.274 e. The number of benzene rings is 4. The third-order valence-electron chi connectivity index (χ3n) is 12.4. The Labute approximate surface area is 358 Å². The van der Waals surface area contributed by atoms with Crippen molar-refractivity contribution < 1.29 is 23.6 Å². The Morgan fingerprint density at radius 2 is 1.05 bits per heavy atom. The van der Waals surface area contributed by atoms with Gasteiger partial charge >= 0.3 is 0 Å². The van der Waals surface area contributed by atoms with Crippen LogP contribution in [-0.2, 0) is 9.59 Å². The van der Waals surface area contributed by atoms with Crippen molar-refractivity contribution in [2.45, 2.75) is 49.9 Å². The number of likely N-dealkylation sites (tertiary alicyclic amines) is 2. The zero-order valence-corrected chi connectivity index (χ0v) is 33.8. The van der Waals surface area contributed by atoms with Crippen molar-refractivity contribution in [3.05, 3.63) is 137 Å². The summed E-state index contributed by atoms with van der Waals surface area (Å²) < 4.78 is 6.13. The third kappa shape index (κ3) is 6.76. The Morgan fingerprint density at radius 1 is 0.590 bits per heavy atom. The number of aromatic nitrogens is 3. The van der Waals surface area contributed by atoms with Gasteiger partial charge in [0.05, 0.1) is 6.20 Å². The van der Waals surface area contributed by atoms with Crippen LogP contribution in [0.4, 0.5) is 11.4 Å². The second kappa shape index (κ2) is 14.5. The van der Waals surface area contributed by atoms with Crippen molar-refractivity contribution in [2.24, 2.45) is 11.8 Å². The lowest BCUT2D eigenvalue weighted by Crippen LogP contribution is -2.45. The van der Waals surface area contributed by atoms with Gasteiger partial charge in [0, 0.05) is 45.4 Å². The zero-order valence-electron chi connectivity index (χ0n) is 32.3. The molecule has 0 radical (unpaired) electrons. The van der Waals surface area contributed by atoms with Crippen LogP contribution in [0.2, 0.25) is 10.3 Å². The number of hydrogen-bond donors (Lipinski definition) is 2. The van der Waals surface area contributed by atoms with Gasteiger partial charge in [-0.2, -0.15) is 0 Å². The van der Waals surface area contributed by atoms with Gasteiger partial charge in [-0.3, -0.25) is 19.2 Å². The highest BCUT2D eigenvalue weighted by Crippen LogP contribution is 2.50. The average molecular weight is 849 g/mol. The van der Waals surface area contributed by atoms with E-state index in [0.29, 0.717) is 52.2 Å². The maximum atomic E-state index is 13.9. The standard InChI is InChI=1S/C47H35Cl2N7O5/c48-39-21-26-5-1-3-7-32(26)41(53-39)46(59)55-34-17-28(34)19-36(55)43(57)51-30-13-9-24(10-14-30)38-23-50-45(61-38)25-11-15-31(16-12-25)52-44(58)37-20-29-18-35(29)56(37)47(60)42-33-8-4-2-6-27(33)22-40(49)54-42/h1-16,21-23,28-29,34-37H,17-20H2,(H,51,57)(H,52,58)/t28-,29-,34-,35-,36-,37-/m0/s1. The van der Waals surface area contributed by atoms with E-state index in [4.69, 9.17) is 27.6 Å². The van der Waals surface area contributed by atoms with E-state index in [1.54, 1.807) is 52.4 Å². The molecule has 14 heteroatoms. The molecule has 4 aromatic carbocycles. The first-order chi connectivity index (χ1) is 29.7. The smallest absolute Gasteiger partial charge is 0.274 e. The van der Waals surface area contributed by atoms with Crippen molar-refractivity contribution in [2.75, 3.05) is 10.6 Å². The summed E-state index contributed by atoms with van der Waals surface area (Å²) in [5.41, 5.74) is 3.14. The quantitative estimate of drug-likeness (QED) is 0.144. The zero-order chi connectivity index (χ0) is 41.5. The predicted octanol–water partition coefficient (Wildman–Crippen LogP) is 8.90. The molecule has 0 spiro atoms. The highest BCUT2D eigenvalue weighted by molar-refractivity contribution is 6.31. The lowest BCUT2D eigenvalue weighted by atomic mass is 10.1. The molecule has 2 aliphatic heterocycles. The first-order valence-electron chi connectivity index (χ1n) is 20.2. The minimum atomic E-state index is -0.630. The second-order valence-corrected chi connectivity index (χ2v) is 17.0. The molecule has 302 valence electrons. The number of halogens is 2. The highest BCUT2D eigenvalue weighted by Gasteiger charge is 2.57. The number of fused-ring (bicyclic) bond motifs is 4. The molecule has 2 N–H and O–H groups in total. The normalized spacial score (nSPS) is 22.2. The molecule has 2 aliphatic carbocycles. The molecule has 5 heterocycles. The highest BCUT2D eigenvalue weighted by atomic mass is 35.5. The lowest BCUT2D eigenvalue weighted by molar-refractivity contribution is -0.120. The van der Waals surface area contributed by atoms with Crippen LogP contribution in [0.1, 0.15) is 46.7 Å². The second-order valence-electron chi connectivity index (χ2n) is 16.2. The largest absolute Gasteiger partial charge is 0.436 e. The van der Waals surface area contributed by atoms with Crippen LogP contribution >= 0.6 is 23.2 Å². The summed E-state index contributed by atoms with van der Waals surface area (Å²) in [5.74, 6) is 0.405. The molecule has 3 aromatic heterocycles. The topological polar surface area (TPSA) is 151 Å². The van der Waals surface area contributed by atoms with E-state index < -0.39 is 12.1 Å². The Balaban J connectivity index is 0.736. The van der Waals surface area contributed by atoms with E-state index >= 15 is 0 Å². The number of amides is 4. The number of anilines is 2. The molecule has 0 unspecified atom stereocenters. The van der Waals surface area contributed by atoms with Crippen LogP contribution in [0.3, 0.4) is 0 Å². The monoisotopic (exact) mass is 847 g/mol. The van der Waals surface area contributed by atoms with Gasteiger partial charge < -0.3 is 24.9 Å². The van der Waals surface area contributed by atoms with Gasteiger partial charge in [-0.05, 0) is 109 Å². The summed E-state index contributed by atoms with van der Waals surface area (Å²) in [6.07, 6.45) is 4.55. The first-order valence-corrected chi connectivity index (χ1v) is 21.0. The number of hydrogen-bond acceptors (Lipinski definition) is 8. The van der Waals surface area contributed by atoms with Gasteiger partial charge in [0.15, 0.2) is 5.76 Å². The van der Waals surface area contributed by atoms with Crippen LogP contribution < -0.4 is 10.6 Å². The summed E-state index contributed by atoms with van der Waals surface area (Å²) in [6, 6.07) is 31.6. The first kappa shape index (κ1) is 37.4. The minimum absolute atomic E-state index is 0.00487. The summed E-state index contributed by atoms with van der Waals surface area (Å²) in [7, 11) is 0. The number of carbonyl (C=O) groups excluding carboxylic acids is 4. The Bertz CT molecular complexity index is 2760. The Hall–Kier alpha value is -6.63. The fraction of sp³-hybridized carbons (Fsp3) is 0.213. The fourth-order valence-corrected chi connectivity index (χ4v) is 9.68. The third-order valence-corrected chi connectivity index (χ3v) is 12.8. The lowest BCUT2D eigenvalue weighted by Gasteiger charge is -2.27. The van der Waals surface area contributed by atoms with Crippen LogP contribution in [0.5, 0.6) is 0 Å². The summed E-state index contributed by atoms with van der Waals surface area (Å²) in [5, 5.41) is 9.50. The van der Waals surface area contributed by atoms with E-state index in [0.717, 1.165) is 29.2 Å².